The van der Waals surface area contributed by atoms with Crippen molar-refractivity contribution >= 4 is 21.5 Å². The Bertz CT molecular complexity index is 1030. The molecule has 0 aliphatic carbocycles. The molecule has 0 unspecified atom stereocenters. The van der Waals surface area contributed by atoms with Crippen LogP contribution in [0.1, 0.15) is 38.8 Å². The first-order valence-electron chi connectivity index (χ1n) is 9.71. The van der Waals surface area contributed by atoms with Crippen molar-refractivity contribution in [3.63, 3.8) is 0 Å². The summed E-state index contributed by atoms with van der Waals surface area (Å²) < 4.78 is 0. The van der Waals surface area contributed by atoms with E-state index in [0.717, 1.165) is 11.1 Å². The van der Waals surface area contributed by atoms with E-state index in [2.05, 4.69) is 84.9 Å². The maximum atomic E-state index is 6.00. The molecule has 0 bridgehead atoms. The number of hydrogen-bond donors (Lipinski definition) is 0. The third-order valence-corrected chi connectivity index (χ3v) is 5.35. The van der Waals surface area contributed by atoms with Crippen molar-refractivity contribution in [2.45, 2.75) is 38.9 Å². The van der Waals surface area contributed by atoms with Gasteiger partial charge in [0.25, 0.3) is 0 Å². The Morgan fingerprint density at radius 3 is 1.21 bits per heavy atom. The van der Waals surface area contributed by atoms with Crippen molar-refractivity contribution in [1.82, 2.24) is 0 Å². The zero-order valence-electron chi connectivity index (χ0n) is 16.9. The highest BCUT2D eigenvalue weighted by Crippen LogP contribution is 2.33. The Hall–Kier alpha value is -2.68. The summed E-state index contributed by atoms with van der Waals surface area (Å²) in [5.41, 5.74) is 1.03. The fourth-order valence-electron chi connectivity index (χ4n) is 3.43. The lowest BCUT2D eigenvalue weighted by molar-refractivity contribution is -0.410. The normalized spacial score (nSPS) is 12.6. The van der Waals surface area contributed by atoms with Crippen molar-refractivity contribution in [2.75, 3.05) is 0 Å². The molecule has 0 heterocycles. The predicted molar refractivity (Wildman–Crippen MR) is 116 cm³/mol. The van der Waals surface area contributed by atoms with E-state index in [4.69, 9.17) is 9.78 Å². The van der Waals surface area contributed by atoms with Gasteiger partial charge >= 0.3 is 0 Å². The zero-order chi connectivity index (χ0) is 19.8. The SMILES string of the molecule is CC(C)(OOC(C)(C)c1ccc2ccccc2c1)c1ccc2ccccc2c1. The maximum Gasteiger partial charge on any atom is 0.123 e. The second-order valence-corrected chi connectivity index (χ2v) is 8.31. The first-order valence-corrected chi connectivity index (χ1v) is 9.71. The predicted octanol–water partition coefficient (Wildman–Crippen LogP) is 7.11. The average molecular weight is 370 g/mol. The highest BCUT2D eigenvalue weighted by Gasteiger charge is 2.30. The summed E-state index contributed by atoms with van der Waals surface area (Å²) in [5, 5.41) is 4.84. The van der Waals surface area contributed by atoms with Gasteiger partial charge in [-0.2, -0.15) is 0 Å². The monoisotopic (exact) mass is 370 g/mol. The van der Waals surface area contributed by atoms with Crippen molar-refractivity contribution < 1.29 is 9.78 Å². The van der Waals surface area contributed by atoms with Crippen molar-refractivity contribution in [2.24, 2.45) is 0 Å². The second kappa shape index (κ2) is 7.05. The van der Waals surface area contributed by atoms with E-state index in [1.165, 1.54) is 21.5 Å². The third-order valence-electron chi connectivity index (χ3n) is 5.35. The Balaban J connectivity index is 1.56. The van der Waals surface area contributed by atoms with E-state index in [1.54, 1.807) is 0 Å². The Labute approximate surface area is 166 Å². The number of benzene rings is 4. The summed E-state index contributed by atoms with van der Waals surface area (Å²) in [6, 6.07) is 29.5. The molecule has 0 saturated heterocycles. The minimum atomic E-state index is -0.571. The van der Waals surface area contributed by atoms with Crippen LogP contribution in [0.5, 0.6) is 0 Å². The molecule has 2 nitrogen and oxygen atoms in total. The van der Waals surface area contributed by atoms with Gasteiger partial charge in [-0.05, 0) is 72.5 Å². The summed E-state index contributed by atoms with van der Waals surface area (Å²) >= 11 is 0. The van der Waals surface area contributed by atoms with Crippen LogP contribution in [0.3, 0.4) is 0 Å². The summed E-state index contributed by atoms with van der Waals surface area (Å²) in [6.45, 7) is 8.14. The fraction of sp³-hybridized carbons (Fsp3) is 0.231. The molecule has 0 atom stereocenters. The molecule has 0 fully saturated rings. The molecule has 0 aromatic heterocycles. The molecular weight excluding hydrogens is 344 g/mol. The maximum absolute atomic E-state index is 6.00. The smallest absolute Gasteiger partial charge is 0.123 e. The van der Waals surface area contributed by atoms with E-state index in [-0.39, 0.29) is 0 Å². The molecule has 2 heteroatoms. The average Bonchev–Trinajstić information content (AvgIpc) is 2.72. The van der Waals surface area contributed by atoms with Crippen LogP contribution in [0.15, 0.2) is 84.9 Å². The summed E-state index contributed by atoms with van der Waals surface area (Å²) in [7, 11) is 0. The molecule has 0 saturated carbocycles. The van der Waals surface area contributed by atoms with Gasteiger partial charge < -0.3 is 0 Å². The largest absolute Gasteiger partial charge is 0.225 e. The Kier molecular flexibility index (Phi) is 4.70. The molecule has 4 rings (SSSR count). The van der Waals surface area contributed by atoms with Crippen LogP contribution >= 0.6 is 0 Å². The minimum absolute atomic E-state index is 0.571. The van der Waals surface area contributed by atoms with Crippen LogP contribution in [-0.2, 0) is 21.0 Å². The van der Waals surface area contributed by atoms with Crippen molar-refractivity contribution in [3.8, 4) is 0 Å². The zero-order valence-corrected chi connectivity index (χ0v) is 16.9. The van der Waals surface area contributed by atoms with Crippen LogP contribution in [0.4, 0.5) is 0 Å². The van der Waals surface area contributed by atoms with Gasteiger partial charge in [0.05, 0.1) is 0 Å². The van der Waals surface area contributed by atoms with Crippen LogP contribution in [-0.4, -0.2) is 0 Å². The van der Waals surface area contributed by atoms with E-state index in [9.17, 15) is 0 Å². The van der Waals surface area contributed by atoms with Crippen molar-refractivity contribution in [3.05, 3.63) is 96.1 Å². The molecule has 142 valence electrons. The third kappa shape index (κ3) is 3.66. The van der Waals surface area contributed by atoms with E-state index in [1.807, 2.05) is 27.7 Å². The van der Waals surface area contributed by atoms with Gasteiger partial charge in [-0.1, -0.05) is 72.8 Å². The Morgan fingerprint density at radius 1 is 0.464 bits per heavy atom. The lowest BCUT2D eigenvalue weighted by Gasteiger charge is -2.31. The Morgan fingerprint density at radius 2 is 0.821 bits per heavy atom. The highest BCUT2D eigenvalue weighted by atomic mass is 17.2. The van der Waals surface area contributed by atoms with Crippen LogP contribution in [0, 0.1) is 0 Å². The van der Waals surface area contributed by atoms with Gasteiger partial charge in [0.15, 0.2) is 0 Å². The molecule has 4 aromatic carbocycles. The van der Waals surface area contributed by atoms with Crippen molar-refractivity contribution in [1.29, 1.82) is 0 Å². The lowest BCUT2D eigenvalue weighted by Crippen LogP contribution is -2.29. The minimum Gasteiger partial charge on any atom is -0.225 e. The van der Waals surface area contributed by atoms with Crippen LogP contribution < -0.4 is 0 Å². The van der Waals surface area contributed by atoms with Gasteiger partial charge in [0, 0.05) is 0 Å². The van der Waals surface area contributed by atoms with Gasteiger partial charge in [0.2, 0.25) is 0 Å². The van der Waals surface area contributed by atoms with Gasteiger partial charge in [-0.3, -0.25) is 0 Å². The molecule has 0 spiro atoms. The number of rotatable bonds is 5. The molecular formula is C26H26O2. The second-order valence-electron chi connectivity index (χ2n) is 8.31. The van der Waals surface area contributed by atoms with Gasteiger partial charge in [-0.25, -0.2) is 9.78 Å². The van der Waals surface area contributed by atoms with Gasteiger partial charge in [-0.15, -0.1) is 0 Å². The molecule has 0 N–H and O–H groups in total. The molecule has 0 amide bonds. The van der Waals surface area contributed by atoms with Gasteiger partial charge in [0.1, 0.15) is 11.2 Å². The van der Waals surface area contributed by atoms with E-state index >= 15 is 0 Å². The topological polar surface area (TPSA) is 18.5 Å². The molecule has 0 radical (unpaired) electrons. The first kappa shape index (κ1) is 18.7. The van der Waals surface area contributed by atoms with E-state index in [0.29, 0.717) is 0 Å². The van der Waals surface area contributed by atoms with E-state index < -0.39 is 11.2 Å². The first-order chi connectivity index (χ1) is 13.4. The number of hydrogen-bond acceptors (Lipinski definition) is 2. The fourth-order valence-corrected chi connectivity index (χ4v) is 3.43. The molecule has 4 aromatic rings. The molecule has 0 aliphatic heterocycles. The summed E-state index contributed by atoms with van der Waals surface area (Å²) in [5.74, 6) is 0. The standard InChI is InChI=1S/C26H26O2/c1-25(2,23-15-13-19-9-5-7-11-21(19)17-23)27-28-26(3,4)24-16-14-20-10-6-8-12-22(20)18-24/h5-18H,1-4H3. The number of fused-ring (bicyclic) bond motifs is 2. The molecule has 28 heavy (non-hydrogen) atoms. The van der Waals surface area contributed by atoms with Crippen LogP contribution in [0.2, 0.25) is 0 Å². The van der Waals surface area contributed by atoms with Crippen LogP contribution in [0.25, 0.3) is 21.5 Å². The molecule has 0 aliphatic rings. The quantitative estimate of drug-likeness (QED) is 0.275. The summed E-state index contributed by atoms with van der Waals surface area (Å²) in [4.78, 5) is 12.0. The highest BCUT2D eigenvalue weighted by molar-refractivity contribution is 5.84. The summed E-state index contributed by atoms with van der Waals surface area (Å²) in [6.07, 6.45) is 0. The lowest BCUT2D eigenvalue weighted by atomic mass is 9.95.